The highest BCUT2D eigenvalue weighted by Gasteiger charge is 2.17. The van der Waals surface area contributed by atoms with Crippen molar-refractivity contribution in [3.05, 3.63) is 23.2 Å². The summed E-state index contributed by atoms with van der Waals surface area (Å²) >= 11 is 5.85. The molecule has 0 atom stereocenters. The number of rotatable bonds is 1. The van der Waals surface area contributed by atoms with Crippen LogP contribution in [-0.4, -0.2) is 37.2 Å². The molecular formula is C11H14ClN3O2. The summed E-state index contributed by atoms with van der Waals surface area (Å²) in [6, 6.07) is 4.80. The van der Waals surface area contributed by atoms with Crippen molar-refractivity contribution in [2.75, 3.05) is 37.4 Å². The number of amides is 2. The van der Waals surface area contributed by atoms with Crippen LogP contribution in [0.4, 0.5) is 16.2 Å². The number of ether oxygens (including phenoxy) is 1. The van der Waals surface area contributed by atoms with Crippen LogP contribution in [0.1, 0.15) is 0 Å². The Balaban J connectivity index is 2.04. The van der Waals surface area contributed by atoms with Crippen molar-refractivity contribution in [3.8, 4) is 0 Å². The van der Waals surface area contributed by atoms with E-state index in [0.717, 1.165) is 0 Å². The molecule has 0 saturated carbocycles. The predicted molar refractivity (Wildman–Crippen MR) is 67.3 cm³/mol. The standard InChI is InChI=1S/C11H14ClN3O2/c12-8-1-2-9(13)10(7-8)14-11(16)15-3-5-17-6-4-15/h1-2,7H,3-6,13H2,(H,14,16). The van der Waals surface area contributed by atoms with Crippen LogP contribution in [-0.2, 0) is 4.74 Å². The molecule has 1 heterocycles. The first kappa shape index (κ1) is 12.0. The van der Waals surface area contributed by atoms with Gasteiger partial charge in [-0.2, -0.15) is 0 Å². The number of anilines is 2. The first-order valence-corrected chi connectivity index (χ1v) is 5.73. The van der Waals surface area contributed by atoms with Crippen molar-refractivity contribution < 1.29 is 9.53 Å². The Morgan fingerprint density at radius 3 is 2.82 bits per heavy atom. The molecule has 1 aliphatic heterocycles. The first-order valence-electron chi connectivity index (χ1n) is 5.35. The molecule has 6 heteroatoms. The highest BCUT2D eigenvalue weighted by atomic mass is 35.5. The van der Waals surface area contributed by atoms with Crippen LogP contribution >= 0.6 is 11.6 Å². The largest absolute Gasteiger partial charge is 0.397 e. The predicted octanol–water partition coefficient (Wildman–Crippen LogP) is 1.79. The molecule has 0 aromatic heterocycles. The maximum absolute atomic E-state index is 11.9. The smallest absolute Gasteiger partial charge is 0.322 e. The van der Waals surface area contributed by atoms with Crippen LogP contribution in [0.15, 0.2) is 18.2 Å². The molecule has 0 bridgehead atoms. The van der Waals surface area contributed by atoms with Crippen molar-refractivity contribution in [1.29, 1.82) is 0 Å². The second-order valence-corrected chi connectivity index (χ2v) is 4.20. The number of carbonyl (C=O) groups excluding carboxylic acids is 1. The van der Waals surface area contributed by atoms with Gasteiger partial charge in [0.05, 0.1) is 24.6 Å². The molecule has 0 aliphatic carbocycles. The number of carbonyl (C=O) groups is 1. The van der Waals surface area contributed by atoms with Gasteiger partial charge >= 0.3 is 6.03 Å². The van der Waals surface area contributed by atoms with Crippen LogP contribution in [0, 0.1) is 0 Å². The third kappa shape index (κ3) is 3.01. The molecule has 17 heavy (non-hydrogen) atoms. The zero-order valence-corrected chi connectivity index (χ0v) is 10.0. The molecule has 2 amide bonds. The lowest BCUT2D eigenvalue weighted by Gasteiger charge is -2.27. The molecule has 3 N–H and O–H groups in total. The minimum absolute atomic E-state index is 0.178. The van der Waals surface area contributed by atoms with Gasteiger partial charge < -0.3 is 20.7 Å². The van der Waals surface area contributed by atoms with Gasteiger partial charge in [0.1, 0.15) is 0 Å². The fourth-order valence-corrected chi connectivity index (χ4v) is 1.77. The van der Waals surface area contributed by atoms with Crippen LogP contribution in [0.25, 0.3) is 0 Å². The summed E-state index contributed by atoms with van der Waals surface area (Å²) in [6.07, 6.45) is 0. The maximum Gasteiger partial charge on any atom is 0.322 e. The van der Waals surface area contributed by atoms with Crippen LogP contribution in [0.5, 0.6) is 0 Å². The summed E-state index contributed by atoms with van der Waals surface area (Å²) < 4.78 is 5.18. The Labute approximate surface area is 104 Å². The molecule has 5 nitrogen and oxygen atoms in total. The maximum atomic E-state index is 11.9. The third-order valence-corrected chi connectivity index (χ3v) is 2.79. The van der Waals surface area contributed by atoms with Gasteiger partial charge in [0.15, 0.2) is 0 Å². The number of nitrogens with one attached hydrogen (secondary N) is 1. The molecule has 92 valence electrons. The first-order chi connectivity index (χ1) is 8.16. The molecule has 2 rings (SSSR count). The van der Waals surface area contributed by atoms with Crippen LogP contribution < -0.4 is 11.1 Å². The third-order valence-electron chi connectivity index (χ3n) is 2.56. The van der Waals surface area contributed by atoms with Crippen molar-refractivity contribution in [3.63, 3.8) is 0 Å². The van der Waals surface area contributed by atoms with Gasteiger partial charge in [-0.05, 0) is 18.2 Å². The fourth-order valence-electron chi connectivity index (χ4n) is 1.60. The molecule has 0 radical (unpaired) electrons. The normalized spacial score (nSPS) is 15.7. The average molecular weight is 256 g/mol. The van der Waals surface area contributed by atoms with E-state index in [0.29, 0.717) is 42.7 Å². The van der Waals surface area contributed by atoms with Gasteiger partial charge in [0, 0.05) is 18.1 Å². The summed E-state index contributed by atoms with van der Waals surface area (Å²) in [6.45, 7) is 2.31. The second kappa shape index (κ2) is 5.25. The molecule has 1 aliphatic rings. The fraction of sp³-hybridized carbons (Fsp3) is 0.364. The minimum atomic E-state index is -0.178. The van der Waals surface area contributed by atoms with Crippen LogP contribution in [0.2, 0.25) is 5.02 Å². The Hall–Kier alpha value is -1.46. The summed E-state index contributed by atoms with van der Waals surface area (Å²) in [7, 11) is 0. The number of hydrogen-bond acceptors (Lipinski definition) is 3. The molecular weight excluding hydrogens is 242 g/mol. The van der Waals surface area contributed by atoms with Gasteiger partial charge in [-0.25, -0.2) is 4.79 Å². The molecule has 0 unspecified atom stereocenters. The molecule has 1 aromatic rings. The van der Waals surface area contributed by atoms with E-state index in [2.05, 4.69) is 5.32 Å². The molecule has 1 saturated heterocycles. The molecule has 0 spiro atoms. The van der Waals surface area contributed by atoms with E-state index >= 15 is 0 Å². The zero-order chi connectivity index (χ0) is 12.3. The van der Waals surface area contributed by atoms with Gasteiger partial charge in [0.25, 0.3) is 0 Å². The van der Waals surface area contributed by atoms with Crippen molar-refractivity contribution in [2.24, 2.45) is 0 Å². The topological polar surface area (TPSA) is 67.6 Å². The van der Waals surface area contributed by atoms with E-state index < -0.39 is 0 Å². The van der Waals surface area contributed by atoms with E-state index in [-0.39, 0.29) is 6.03 Å². The molecule has 1 fully saturated rings. The van der Waals surface area contributed by atoms with Gasteiger partial charge in [-0.1, -0.05) is 11.6 Å². The number of nitrogens with zero attached hydrogens (tertiary/aromatic N) is 1. The lowest BCUT2D eigenvalue weighted by molar-refractivity contribution is 0.0564. The zero-order valence-electron chi connectivity index (χ0n) is 9.28. The quantitative estimate of drug-likeness (QED) is 0.752. The summed E-state index contributed by atoms with van der Waals surface area (Å²) in [5.41, 5.74) is 6.78. The van der Waals surface area contributed by atoms with Gasteiger partial charge in [0.2, 0.25) is 0 Å². The van der Waals surface area contributed by atoms with Crippen molar-refractivity contribution in [2.45, 2.75) is 0 Å². The van der Waals surface area contributed by atoms with Gasteiger partial charge in [-0.15, -0.1) is 0 Å². The van der Waals surface area contributed by atoms with Crippen LogP contribution in [0.3, 0.4) is 0 Å². The van der Waals surface area contributed by atoms with Crippen molar-refractivity contribution >= 4 is 29.0 Å². The number of nitrogen functional groups attached to an aromatic ring is 1. The second-order valence-electron chi connectivity index (χ2n) is 3.76. The summed E-state index contributed by atoms with van der Waals surface area (Å²) in [5.74, 6) is 0. The van der Waals surface area contributed by atoms with Gasteiger partial charge in [-0.3, -0.25) is 0 Å². The summed E-state index contributed by atoms with van der Waals surface area (Å²) in [4.78, 5) is 13.6. The lowest BCUT2D eigenvalue weighted by atomic mass is 10.2. The Kier molecular flexibility index (Phi) is 3.71. The SMILES string of the molecule is Nc1ccc(Cl)cc1NC(=O)N1CCOCC1. The Morgan fingerprint density at radius 2 is 2.12 bits per heavy atom. The van der Waals surface area contributed by atoms with E-state index in [1.807, 2.05) is 0 Å². The highest BCUT2D eigenvalue weighted by Crippen LogP contribution is 2.23. The Bertz CT molecular complexity index is 419. The number of urea groups is 1. The Morgan fingerprint density at radius 1 is 1.41 bits per heavy atom. The molecule has 1 aromatic carbocycles. The number of hydrogen-bond donors (Lipinski definition) is 2. The van der Waals surface area contributed by atoms with Crippen molar-refractivity contribution in [1.82, 2.24) is 4.90 Å². The number of morpholine rings is 1. The van der Waals surface area contributed by atoms with E-state index in [9.17, 15) is 4.79 Å². The van der Waals surface area contributed by atoms with E-state index in [4.69, 9.17) is 22.1 Å². The highest BCUT2D eigenvalue weighted by molar-refractivity contribution is 6.31. The van der Waals surface area contributed by atoms with E-state index in [1.54, 1.807) is 23.1 Å². The van der Waals surface area contributed by atoms with E-state index in [1.165, 1.54) is 0 Å². The monoisotopic (exact) mass is 255 g/mol. The number of halogens is 1. The lowest BCUT2D eigenvalue weighted by Crippen LogP contribution is -2.43. The summed E-state index contributed by atoms with van der Waals surface area (Å²) in [5, 5.41) is 3.28. The average Bonchev–Trinajstić information content (AvgIpc) is 2.35. The number of nitrogens with two attached hydrogens (primary N) is 1. The number of benzene rings is 1. The minimum Gasteiger partial charge on any atom is -0.397 e.